The molecule has 206 valence electrons. The normalized spacial score (nSPS) is 10.9. The Bertz CT molecular complexity index is 1830. The van der Waals surface area contributed by atoms with Crippen LogP contribution in [0.25, 0.3) is 43.6 Å². The molecule has 6 N–H and O–H groups in total. The molecule has 0 spiro atoms. The van der Waals surface area contributed by atoms with Gasteiger partial charge in [0.15, 0.2) is 0 Å². The van der Waals surface area contributed by atoms with Crippen molar-refractivity contribution in [3.63, 3.8) is 0 Å². The zero-order valence-corrected chi connectivity index (χ0v) is 24.4. The predicted octanol–water partition coefficient (Wildman–Crippen LogP) is -1.10. The van der Waals surface area contributed by atoms with E-state index in [9.17, 15) is 36.2 Å². The van der Waals surface area contributed by atoms with E-state index in [0.717, 1.165) is 12.1 Å². The van der Waals surface area contributed by atoms with Gasteiger partial charge in [-0.25, -0.2) is 26.8 Å². The molecule has 0 aliphatic heterocycles. The van der Waals surface area contributed by atoms with Crippen molar-refractivity contribution in [1.82, 2.24) is 9.97 Å². The Kier molecular flexibility index (Phi) is 12.7. The molecule has 0 radical (unpaired) electrons. The van der Waals surface area contributed by atoms with Gasteiger partial charge in [0.05, 0.1) is 31.9 Å². The van der Waals surface area contributed by atoms with Crippen LogP contribution >= 0.6 is 0 Å². The topological polar surface area (TPSA) is 309 Å². The molecule has 3 aromatic carbocycles. The van der Waals surface area contributed by atoms with Gasteiger partial charge in [0.25, 0.3) is 0 Å². The van der Waals surface area contributed by atoms with Crippen molar-refractivity contribution in [3.8, 4) is 11.5 Å². The van der Waals surface area contributed by atoms with E-state index in [1.165, 1.54) is 38.1 Å². The van der Waals surface area contributed by atoms with E-state index in [1.807, 2.05) is 0 Å². The molecular weight excluding hydrogens is 602 g/mol. The van der Waals surface area contributed by atoms with E-state index in [1.54, 1.807) is 0 Å². The third-order valence-corrected chi connectivity index (χ3v) is 7.66. The maximum absolute atomic E-state index is 13.1. The second kappa shape index (κ2) is 12.9. The maximum Gasteiger partial charge on any atom is 3.00 e. The van der Waals surface area contributed by atoms with Gasteiger partial charge in [0.2, 0.25) is 0 Å². The van der Waals surface area contributed by atoms with Crippen LogP contribution < -0.4 is 10.2 Å². The number of benzene rings is 3. The van der Waals surface area contributed by atoms with Crippen LogP contribution in [0.2, 0.25) is 0 Å². The third-order valence-electron chi connectivity index (χ3n) is 5.70. The number of hydrogen-bond donors (Lipinski definition) is 0. The molecule has 0 amide bonds. The van der Waals surface area contributed by atoms with Crippen LogP contribution in [-0.4, -0.2) is 92.5 Å². The monoisotopic (exact) mass is 620 g/mol. The van der Waals surface area contributed by atoms with Crippen molar-refractivity contribution >= 4 is 98.6 Å². The molecule has 18 heteroatoms. The van der Waals surface area contributed by atoms with E-state index in [4.69, 9.17) is 0 Å². The third kappa shape index (κ3) is 6.29. The van der Waals surface area contributed by atoms with Gasteiger partial charge in [-0.2, -0.15) is 0 Å². The molecule has 0 fully saturated rings. The summed E-state index contributed by atoms with van der Waals surface area (Å²) in [6, 6.07) is 7.25. The van der Waals surface area contributed by atoms with Crippen molar-refractivity contribution in [3.05, 3.63) is 47.5 Å². The average molecular weight is 620 g/mol. The van der Waals surface area contributed by atoms with Gasteiger partial charge in [0.1, 0.15) is 20.2 Å². The fourth-order valence-electron chi connectivity index (χ4n) is 4.12. The van der Waals surface area contributed by atoms with Crippen LogP contribution in [0.15, 0.2) is 46.2 Å². The Morgan fingerprint density at radius 2 is 0.800 bits per heavy atom. The summed E-state index contributed by atoms with van der Waals surface area (Å²) >= 11 is 0. The van der Waals surface area contributed by atoms with Crippen LogP contribution in [0.3, 0.4) is 0 Å². The van der Waals surface area contributed by atoms with Gasteiger partial charge >= 0.3 is 34.7 Å². The molecule has 40 heavy (non-hydrogen) atoms. The molecule has 0 unspecified atom stereocenters. The SMILES string of the molecule is Cc1cc2c([O-])c3cc4nc5cc(S(=O)(=O)[O-])c(C)cc5c([O-])c4cc3nc2cc1S(=O)(=O)[O-].O.O.[Al+3].[Al+3].[OH-].[OH-]. The molecule has 0 saturated heterocycles. The number of aromatic nitrogens is 2. The van der Waals surface area contributed by atoms with Gasteiger partial charge in [-0.15, -0.1) is 0 Å². The van der Waals surface area contributed by atoms with E-state index in [2.05, 4.69) is 9.97 Å². The van der Waals surface area contributed by atoms with E-state index in [-0.39, 0.29) is 111 Å². The molecule has 0 saturated carbocycles. The molecular formula is C22H18Al2N2O12S2. The zero-order valence-electron chi connectivity index (χ0n) is 20.5. The van der Waals surface area contributed by atoms with Gasteiger partial charge in [0, 0.05) is 0 Å². The Morgan fingerprint density at radius 3 is 1.07 bits per heavy atom. The number of fused-ring (bicyclic) bond motifs is 4. The van der Waals surface area contributed by atoms with Crippen LogP contribution in [0.5, 0.6) is 11.5 Å². The Labute approximate surface area is 248 Å². The van der Waals surface area contributed by atoms with Gasteiger partial charge in [-0.1, -0.05) is 11.5 Å². The van der Waals surface area contributed by atoms with Crippen LogP contribution in [0, 0.1) is 13.8 Å². The summed E-state index contributed by atoms with van der Waals surface area (Å²) in [5.41, 5.74) is 0.343. The summed E-state index contributed by atoms with van der Waals surface area (Å²) in [6.45, 7) is 2.77. The summed E-state index contributed by atoms with van der Waals surface area (Å²) < 4.78 is 69.2. The number of rotatable bonds is 2. The minimum absolute atomic E-state index is 0. The summed E-state index contributed by atoms with van der Waals surface area (Å²) in [6.07, 6.45) is 0. The smallest absolute Gasteiger partial charge is 0.872 e. The predicted molar refractivity (Wildman–Crippen MR) is 139 cm³/mol. The van der Waals surface area contributed by atoms with Crippen molar-refractivity contribution in [2.24, 2.45) is 0 Å². The second-order valence-electron chi connectivity index (χ2n) is 7.95. The molecule has 5 rings (SSSR count). The van der Waals surface area contributed by atoms with Gasteiger partial charge < -0.3 is 41.2 Å². The summed E-state index contributed by atoms with van der Waals surface area (Å²) in [5, 5.41) is 26.6. The maximum atomic E-state index is 13.1. The minimum Gasteiger partial charge on any atom is -0.872 e. The number of hydrogen-bond acceptors (Lipinski definition) is 12. The van der Waals surface area contributed by atoms with Crippen molar-refractivity contribution < 1.29 is 58.1 Å². The summed E-state index contributed by atoms with van der Waals surface area (Å²) in [5.74, 6) is -1.03. The molecule has 5 aromatic rings. The molecule has 0 aliphatic carbocycles. The fourth-order valence-corrected chi connectivity index (χ4v) is 5.54. The molecule has 0 bridgehead atoms. The number of nitrogens with zero attached hydrogens (tertiary/aromatic N) is 2. The van der Waals surface area contributed by atoms with E-state index >= 15 is 0 Å². The first-order valence-electron chi connectivity index (χ1n) is 9.68. The minimum atomic E-state index is -4.79. The van der Waals surface area contributed by atoms with Crippen LogP contribution in [-0.2, 0) is 20.2 Å². The Morgan fingerprint density at radius 1 is 0.550 bits per heavy atom. The quantitative estimate of drug-likeness (QED) is 0.129. The Hall–Kier alpha value is -2.68. The first-order valence-corrected chi connectivity index (χ1v) is 12.5. The fraction of sp³-hybridized carbons (Fsp3) is 0.0909. The van der Waals surface area contributed by atoms with Crippen LogP contribution in [0.4, 0.5) is 0 Å². The molecule has 14 nitrogen and oxygen atoms in total. The second-order valence-corrected chi connectivity index (χ2v) is 10.6. The van der Waals surface area contributed by atoms with Crippen molar-refractivity contribution in [1.29, 1.82) is 0 Å². The van der Waals surface area contributed by atoms with Crippen molar-refractivity contribution in [2.75, 3.05) is 0 Å². The van der Waals surface area contributed by atoms with Gasteiger partial charge in [-0.3, -0.25) is 0 Å². The first-order chi connectivity index (χ1) is 15.8. The van der Waals surface area contributed by atoms with Crippen LogP contribution in [0.1, 0.15) is 11.1 Å². The zero-order chi connectivity index (χ0) is 24.7. The average Bonchev–Trinajstić information content (AvgIpc) is 2.72. The molecule has 0 aliphatic rings. The van der Waals surface area contributed by atoms with E-state index < -0.39 is 41.5 Å². The largest absolute Gasteiger partial charge is 3.00 e. The number of pyridine rings is 2. The summed E-state index contributed by atoms with van der Waals surface area (Å²) in [7, 11) is -9.58. The molecule has 0 atom stereocenters. The molecule has 2 heterocycles. The van der Waals surface area contributed by atoms with Gasteiger partial charge in [-0.05, 0) is 82.9 Å². The van der Waals surface area contributed by atoms with Crippen molar-refractivity contribution in [2.45, 2.75) is 23.6 Å². The first kappa shape index (κ1) is 39.5. The van der Waals surface area contributed by atoms with E-state index in [0.29, 0.717) is 0 Å². The number of aryl methyl sites for hydroxylation is 2. The molecule has 2 aromatic heterocycles. The Balaban J connectivity index is 0. The standard InChI is InChI=1S/C22H16N2O8S2.2Al.4H2O/c1-9-3-11-17(7-19(9)33(27,28)29)23-15-6-14-16(5-13(15)21(11)25)24-18-8-20(34(30,31)32)10(2)4-12(18)22(14)26;;;;;;/h3-8H,1-2H3,(H,23,25)(H,24,26)(H,27,28,29)(H,30,31,32);;;4*1H2/q;2*+3;;;;/p-6. The summed E-state index contributed by atoms with van der Waals surface area (Å²) in [4.78, 5) is 7.60.